The zero-order valence-corrected chi connectivity index (χ0v) is 11.3. The number of hydrogen-bond acceptors (Lipinski definition) is 2. The second-order valence-electron chi connectivity index (χ2n) is 3.93. The maximum atomic E-state index is 11.7. The summed E-state index contributed by atoms with van der Waals surface area (Å²) in [6.07, 6.45) is 2.05. The van der Waals surface area contributed by atoms with Crippen LogP contribution in [0.15, 0.2) is 28.7 Å². The summed E-state index contributed by atoms with van der Waals surface area (Å²) >= 11 is 3.39. The van der Waals surface area contributed by atoms with E-state index in [0.717, 1.165) is 16.5 Å². The van der Waals surface area contributed by atoms with Crippen molar-refractivity contribution in [1.82, 2.24) is 0 Å². The highest BCUT2D eigenvalue weighted by molar-refractivity contribution is 9.10. The molecule has 16 heavy (non-hydrogen) atoms. The predicted octanol–water partition coefficient (Wildman–Crippen LogP) is 3.38. The highest BCUT2D eigenvalue weighted by Gasteiger charge is 2.07. The highest BCUT2D eigenvalue weighted by Crippen LogP contribution is 2.13. The zero-order valence-electron chi connectivity index (χ0n) is 9.70. The second-order valence-corrected chi connectivity index (χ2v) is 4.85. The Labute approximate surface area is 105 Å². The summed E-state index contributed by atoms with van der Waals surface area (Å²) in [7, 11) is 1.67. The van der Waals surface area contributed by atoms with E-state index in [9.17, 15) is 4.79 Å². The van der Waals surface area contributed by atoms with Crippen molar-refractivity contribution in [2.45, 2.75) is 32.3 Å². The monoisotopic (exact) mass is 284 g/mol. The molecule has 1 unspecified atom stereocenters. The molecule has 3 heteroatoms. The minimum Gasteiger partial charge on any atom is -0.382 e. The Bertz CT molecular complexity index is 350. The summed E-state index contributed by atoms with van der Waals surface area (Å²) in [6.45, 7) is 1.98. The Morgan fingerprint density at radius 1 is 1.50 bits per heavy atom. The van der Waals surface area contributed by atoms with Crippen molar-refractivity contribution in [2.75, 3.05) is 7.11 Å². The first-order valence-corrected chi connectivity index (χ1v) is 6.20. The summed E-state index contributed by atoms with van der Waals surface area (Å²) in [4.78, 5) is 11.7. The van der Waals surface area contributed by atoms with Crippen LogP contribution in [0.1, 0.15) is 25.3 Å². The maximum absolute atomic E-state index is 11.7. The molecule has 0 saturated carbocycles. The van der Waals surface area contributed by atoms with Gasteiger partial charge in [-0.25, -0.2) is 0 Å². The van der Waals surface area contributed by atoms with Crippen molar-refractivity contribution < 1.29 is 9.53 Å². The molecule has 0 heterocycles. The van der Waals surface area contributed by atoms with Crippen molar-refractivity contribution >= 4 is 21.7 Å². The number of ether oxygens (including phenoxy) is 1. The number of halogens is 1. The molecular formula is C13H17BrO2. The SMILES string of the molecule is COC(C)CCC(=O)Cc1cccc(Br)c1. The van der Waals surface area contributed by atoms with Gasteiger partial charge in [-0.3, -0.25) is 4.79 Å². The molecule has 0 bridgehead atoms. The summed E-state index contributed by atoms with van der Waals surface area (Å²) in [6, 6.07) is 7.87. The maximum Gasteiger partial charge on any atom is 0.137 e. The van der Waals surface area contributed by atoms with E-state index >= 15 is 0 Å². The molecule has 0 spiro atoms. The molecule has 1 aromatic rings. The van der Waals surface area contributed by atoms with Crippen LogP contribution >= 0.6 is 15.9 Å². The Kier molecular flexibility index (Phi) is 5.71. The smallest absolute Gasteiger partial charge is 0.137 e. The van der Waals surface area contributed by atoms with E-state index in [4.69, 9.17) is 4.74 Å². The fourth-order valence-electron chi connectivity index (χ4n) is 1.45. The number of methoxy groups -OCH3 is 1. The second kappa shape index (κ2) is 6.81. The summed E-state index contributed by atoms with van der Waals surface area (Å²) in [5.41, 5.74) is 1.06. The molecular weight excluding hydrogens is 268 g/mol. The normalized spacial score (nSPS) is 12.4. The minimum atomic E-state index is 0.159. The zero-order chi connectivity index (χ0) is 12.0. The Hall–Kier alpha value is -0.670. The molecule has 0 N–H and O–H groups in total. The summed E-state index contributed by atoms with van der Waals surface area (Å²) < 4.78 is 6.13. The lowest BCUT2D eigenvalue weighted by Gasteiger charge is -2.08. The molecule has 88 valence electrons. The quantitative estimate of drug-likeness (QED) is 0.801. The van der Waals surface area contributed by atoms with Crippen LogP contribution in [0.3, 0.4) is 0 Å². The van der Waals surface area contributed by atoms with Crippen molar-refractivity contribution in [3.05, 3.63) is 34.3 Å². The lowest BCUT2D eigenvalue weighted by Crippen LogP contribution is -2.10. The van der Waals surface area contributed by atoms with Gasteiger partial charge in [0.2, 0.25) is 0 Å². The van der Waals surface area contributed by atoms with Gasteiger partial charge in [-0.05, 0) is 31.0 Å². The minimum absolute atomic E-state index is 0.159. The van der Waals surface area contributed by atoms with Crippen LogP contribution in [0.2, 0.25) is 0 Å². The van der Waals surface area contributed by atoms with Gasteiger partial charge >= 0.3 is 0 Å². The molecule has 1 aromatic carbocycles. The molecule has 2 nitrogen and oxygen atoms in total. The topological polar surface area (TPSA) is 26.3 Å². The van der Waals surface area contributed by atoms with Crippen LogP contribution in [0.5, 0.6) is 0 Å². The standard InChI is InChI=1S/C13H17BrO2/c1-10(16-2)6-7-13(15)9-11-4-3-5-12(14)8-11/h3-5,8,10H,6-7,9H2,1-2H3. The average Bonchev–Trinajstić information content (AvgIpc) is 2.26. The van der Waals surface area contributed by atoms with Crippen LogP contribution in [-0.4, -0.2) is 19.0 Å². The van der Waals surface area contributed by atoms with Crippen molar-refractivity contribution in [2.24, 2.45) is 0 Å². The van der Waals surface area contributed by atoms with Crippen LogP contribution < -0.4 is 0 Å². The van der Waals surface area contributed by atoms with Gasteiger partial charge in [-0.15, -0.1) is 0 Å². The third kappa shape index (κ3) is 4.90. The molecule has 1 atom stereocenters. The van der Waals surface area contributed by atoms with Gasteiger partial charge in [0.05, 0.1) is 6.10 Å². The van der Waals surface area contributed by atoms with Crippen molar-refractivity contribution in [3.8, 4) is 0 Å². The van der Waals surface area contributed by atoms with Crippen LogP contribution in [0.4, 0.5) is 0 Å². The van der Waals surface area contributed by atoms with Gasteiger partial charge in [0.25, 0.3) is 0 Å². The first-order chi connectivity index (χ1) is 7.61. The van der Waals surface area contributed by atoms with Crippen molar-refractivity contribution in [3.63, 3.8) is 0 Å². The molecule has 0 fully saturated rings. The Morgan fingerprint density at radius 3 is 2.88 bits per heavy atom. The Morgan fingerprint density at radius 2 is 2.25 bits per heavy atom. The lowest BCUT2D eigenvalue weighted by atomic mass is 10.0. The molecule has 1 rings (SSSR count). The lowest BCUT2D eigenvalue weighted by molar-refractivity contribution is -0.119. The van der Waals surface area contributed by atoms with Crippen LogP contribution in [0.25, 0.3) is 0 Å². The van der Waals surface area contributed by atoms with E-state index in [2.05, 4.69) is 15.9 Å². The number of rotatable bonds is 6. The number of Topliss-reactive ketones (excluding diaryl/α,β-unsaturated/α-hetero) is 1. The van der Waals surface area contributed by atoms with Crippen LogP contribution in [-0.2, 0) is 16.0 Å². The highest BCUT2D eigenvalue weighted by atomic mass is 79.9. The molecule has 0 aliphatic rings. The molecule has 0 aliphatic heterocycles. The number of hydrogen-bond donors (Lipinski definition) is 0. The summed E-state index contributed by atoms with van der Waals surface area (Å²) in [5, 5.41) is 0. The Balaban J connectivity index is 2.40. The first kappa shape index (κ1) is 13.4. The van der Waals surface area contributed by atoms with E-state index < -0.39 is 0 Å². The average molecular weight is 285 g/mol. The first-order valence-electron chi connectivity index (χ1n) is 5.40. The van der Waals surface area contributed by atoms with E-state index in [1.54, 1.807) is 7.11 Å². The predicted molar refractivity (Wildman–Crippen MR) is 68.6 cm³/mol. The molecule has 0 amide bonds. The largest absolute Gasteiger partial charge is 0.382 e. The van der Waals surface area contributed by atoms with E-state index in [1.807, 2.05) is 31.2 Å². The molecule has 0 aliphatic carbocycles. The van der Waals surface area contributed by atoms with E-state index in [0.29, 0.717) is 12.8 Å². The van der Waals surface area contributed by atoms with E-state index in [1.165, 1.54) is 0 Å². The number of ketones is 1. The molecule has 0 radical (unpaired) electrons. The summed E-state index contributed by atoms with van der Waals surface area (Å²) in [5.74, 6) is 0.266. The van der Waals surface area contributed by atoms with Gasteiger partial charge < -0.3 is 4.74 Å². The fraction of sp³-hybridized carbons (Fsp3) is 0.462. The van der Waals surface area contributed by atoms with Gasteiger partial charge in [0, 0.05) is 24.4 Å². The van der Waals surface area contributed by atoms with E-state index in [-0.39, 0.29) is 11.9 Å². The molecule has 0 aromatic heterocycles. The number of carbonyl (C=O) groups excluding carboxylic acids is 1. The van der Waals surface area contributed by atoms with Gasteiger partial charge in [-0.2, -0.15) is 0 Å². The third-order valence-corrected chi connectivity index (χ3v) is 3.02. The van der Waals surface area contributed by atoms with Gasteiger partial charge in [0.1, 0.15) is 5.78 Å². The fourth-order valence-corrected chi connectivity index (χ4v) is 1.89. The van der Waals surface area contributed by atoms with Crippen molar-refractivity contribution in [1.29, 1.82) is 0 Å². The third-order valence-electron chi connectivity index (χ3n) is 2.52. The number of benzene rings is 1. The van der Waals surface area contributed by atoms with Gasteiger partial charge in [0.15, 0.2) is 0 Å². The number of carbonyl (C=O) groups is 1. The van der Waals surface area contributed by atoms with Crippen LogP contribution in [0, 0.1) is 0 Å². The van der Waals surface area contributed by atoms with Gasteiger partial charge in [-0.1, -0.05) is 28.1 Å². The molecule has 0 saturated heterocycles.